The second kappa shape index (κ2) is 6.80. The fourth-order valence-corrected chi connectivity index (χ4v) is 3.93. The van der Waals surface area contributed by atoms with E-state index in [4.69, 9.17) is 4.74 Å². The number of rotatable bonds is 3. The van der Waals surface area contributed by atoms with Crippen LogP contribution < -0.4 is 5.43 Å². The number of nitrogens with zero attached hydrogens (tertiary/aromatic N) is 2. The number of aliphatic hydroxyl groups is 1. The second-order valence-corrected chi connectivity index (χ2v) is 6.80. The molecule has 2 aliphatic heterocycles. The van der Waals surface area contributed by atoms with Gasteiger partial charge in [-0.2, -0.15) is 0 Å². The topological polar surface area (TPSA) is 112 Å². The molecule has 1 aromatic heterocycles. The highest BCUT2D eigenvalue weighted by Gasteiger charge is 2.44. The number of hydrogen-bond donors (Lipinski definition) is 3. The van der Waals surface area contributed by atoms with Gasteiger partial charge in [0.2, 0.25) is 5.43 Å². The summed E-state index contributed by atoms with van der Waals surface area (Å²) in [6, 6.07) is 9.18. The van der Waals surface area contributed by atoms with Crippen LogP contribution in [-0.4, -0.2) is 50.1 Å². The van der Waals surface area contributed by atoms with Crippen LogP contribution in [0, 0.1) is 0 Å². The molecule has 8 nitrogen and oxygen atoms in total. The van der Waals surface area contributed by atoms with E-state index in [0.29, 0.717) is 26.0 Å². The van der Waals surface area contributed by atoms with Crippen LogP contribution in [0.15, 0.2) is 41.3 Å². The third-order valence-corrected chi connectivity index (χ3v) is 5.19. The Morgan fingerprint density at radius 1 is 1.26 bits per heavy atom. The molecule has 2 aliphatic rings. The Hall–Kier alpha value is -2.68. The van der Waals surface area contributed by atoms with Crippen molar-refractivity contribution in [1.29, 1.82) is 0 Å². The van der Waals surface area contributed by atoms with E-state index in [1.54, 1.807) is 4.90 Å². The minimum atomic E-state index is -1.43. The van der Waals surface area contributed by atoms with Gasteiger partial charge >= 0.3 is 5.97 Å². The highest BCUT2D eigenvalue weighted by Crippen LogP contribution is 2.40. The summed E-state index contributed by atoms with van der Waals surface area (Å²) in [4.78, 5) is 25.4. The molecule has 4 rings (SSSR count). The molecule has 1 unspecified atom stereocenters. The molecule has 1 fully saturated rings. The zero-order valence-electron chi connectivity index (χ0n) is 14.5. The average molecular weight is 372 g/mol. The van der Waals surface area contributed by atoms with E-state index in [1.807, 2.05) is 30.3 Å². The molecule has 0 radical (unpaired) electrons. The lowest BCUT2D eigenvalue weighted by Crippen LogP contribution is -2.54. The van der Waals surface area contributed by atoms with Gasteiger partial charge in [0.25, 0.3) is 0 Å². The van der Waals surface area contributed by atoms with Gasteiger partial charge in [0.1, 0.15) is 17.5 Å². The lowest BCUT2D eigenvalue weighted by Gasteiger charge is -2.48. The van der Waals surface area contributed by atoms with Crippen LogP contribution in [0.5, 0.6) is 5.75 Å². The molecule has 27 heavy (non-hydrogen) atoms. The summed E-state index contributed by atoms with van der Waals surface area (Å²) in [5.41, 5.74) is -0.532. The molecule has 1 aromatic carbocycles. The molecule has 2 aromatic rings. The van der Waals surface area contributed by atoms with Crippen LogP contribution in [0.1, 0.15) is 40.3 Å². The number of carboxylic acids is 1. The Labute approximate surface area is 154 Å². The number of hydrogen-bond acceptors (Lipinski definition) is 6. The van der Waals surface area contributed by atoms with Gasteiger partial charge in [-0.25, -0.2) is 9.69 Å². The summed E-state index contributed by atoms with van der Waals surface area (Å²) in [6.45, 7) is 1.07. The van der Waals surface area contributed by atoms with Crippen molar-refractivity contribution < 1.29 is 24.9 Å². The van der Waals surface area contributed by atoms with Crippen molar-refractivity contribution in [2.45, 2.75) is 31.3 Å². The number of carboxylic acid groups (broad SMARTS) is 1. The normalized spacial score (nSPS) is 24.9. The predicted octanol–water partition coefficient (Wildman–Crippen LogP) is 1.09. The van der Waals surface area contributed by atoms with Gasteiger partial charge < -0.3 is 24.6 Å². The van der Waals surface area contributed by atoms with Crippen molar-refractivity contribution in [3.8, 4) is 5.75 Å². The van der Waals surface area contributed by atoms with Gasteiger partial charge in [-0.1, -0.05) is 30.3 Å². The number of aromatic nitrogens is 1. The van der Waals surface area contributed by atoms with Crippen LogP contribution in [0.4, 0.5) is 0 Å². The van der Waals surface area contributed by atoms with Crippen molar-refractivity contribution in [2.75, 3.05) is 13.2 Å². The molecule has 0 bridgehead atoms. The van der Waals surface area contributed by atoms with Crippen molar-refractivity contribution in [1.82, 2.24) is 9.47 Å². The second-order valence-electron chi connectivity index (χ2n) is 6.80. The molecule has 3 heterocycles. The molecular formula is C19H20N2O6. The maximum Gasteiger partial charge on any atom is 0.341 e. The lowest BCUT2D eigenvalue weighted by molar-refractivity contribution is -0.198. The molecule has 0 spiro atoms. The number of fused-ring (bicyclic) bond motifs is 2. The minimum Gasteiger partial charge on any atom is -0.503 e. The molecule has 0 saturated carbocycles. The SMILES string of the molecule is O=C(O)c1cn2c(c(O)c1=O)C(O)N1CCCO[C@@H]1[C@@H]2Cc1ccccc1. The largest absolute Gasteiger partial charge is 0.503 e. The number of benzene rings is 1. The van der Waals surface area contributed by atoms with Crippen LogP contribution in [0.25, 0.3) is 0 Å². The molecule has 0 aliphatic carbocycles. The molecule has 0 amide bonds. The standard InChI is InChI=1S/C19H20N2O6/c22-15-12(19(25)26)10-21-13(9-11-5-2-1-3-6-11)18-20(7-4-8-27-18)17(24)14(21)16(15)23/h1-3,5-6,10,13,17-18,23-24H,4,7-9H2,(H,25,26)/t13-,17?,18+/m0/s1. The first-order chi connectivity index (χ1) is 13.0. The van der Waals surface area contributed by atoms with Crippen LogP contribution in [0.3, 0.4) is 0 Å². The summed E-state index contributed by atoms with van der Waals surface area (Å²) < 4.78 is 7.39. The highest BCUT2D eigenvalue weighted by atomic mass is 16.5. The number of ether oxygens (including phenoxy) is 1. The smallest absolute Gasteiger partial charge is 0.341 e. The summed E-state index contributed by atoms with van der Waals surface area (Å²) in [5.74, 6) is -2.16. The van der Waals surface area contributed by atoms with Gasteiger partial charge in [-0.15, -0.1) is 0 Å². The maximum absolute atomic E-state index is 12.2. The summed E-state index contributed by atoms with van der Waals surface area (Å²) >= 11 is 0. The van der Waals surface area contributed by atoms with E-state index in [2.05, 4.69) is 0 Å². The molecule has 3 atom stereocenters. The first kappa shape index (κ1) is 17.7. The molecular weight excluding hydrogens is 352 g/mol. The molecule has 8 heteroatoms. The van der Waals surface area contributed by atoms with Gasteiger partial charge in [0.15, 0.2) is 12.0 Å². The van der Waals surface area contributed by atoms with Crippen LogP contribution >= 0.6 is 0 Å². The van der Waals surface area contributed by atoms with E-state index >= 15 is 0 Å². The third kappa shape index (κ3) is 2.91. The number of aromatic hydroxyl groups is 1. The van der Waals surface area contributed by atoms with Crippen molar-refractivity contribution in [3.63, 3.8) is 0 Å². The average Bonchev–Trinajstić information content (AvgIpc) is 2.68. The van der Waals surface area contributed by atoms with Gasteiger partial charge in [-0.3, -0.25) is 4.79 Å². The van der Waals surface area contributed by atoms with E-state index in [9.17, 15) is 24.9 Å². The summed E-state index contributed by atoms with van der Waals surface area (Å²) in [7, 11) is 0. The monoisotopic (exact) mass is 372 g/mol. The number of carbonyl (C=O) groups is 1. The number of pyridine rings is 1. The number of aromatic carboxylic acids is 1. The van der Waals surface area contributed by atoms with E-state index in [-0.39, 0.29) is 5.69 Å². The van der Waals surface area contributed by atoms with Crippen molar-refractivity contribution in [3.05, 3.63) is 63.6 Å². The first-order valence-corrected chi connectivity index (χ1v) is 8.79. The quantitative estimate of drug-likeness (QED) is 0.739. The highest BCUT2D eigenvalue weighted by molar-refractivity contribution is 5.87. The summed E-state index contributed by atoms with van der Waals surface area (Å²) in [5, 5.41) is 30.5. The zero-order valence-corrected chi connectivity index (χ0v) is 14.5. The van der Waals surface area contributed by atoms with Crippen molar-refractivity contribution in [2.24, 2.45) is 0 Å². The Balaban J connectivity index is 1.90. The Bertz CT molecular complexity index is 926. The zero-order chi connectivity index (χ0) is 19.1. The van der Waals surface area contributed by atoms with Crippen LogP contribution in [0.2, 0.25) is 0 Å². The Morgan fingerprint density at radius 2 is 2.00 bits per heavy atom. The summed E-state index contributed by atoms with van der Waals surface area (Å²) in [6.07, 6.45) is 0.654. The Morgan fingerprint density at radius 3 is 2.70 bits per heavy atom. The fraction of sp³-hybridized carbons (Fsp3) is 0.368. The fourth-order valence-electron chi connectivity index (χ4n) is 3.93. The van der Waals surface area contributed by atoms with Gasteiger partial charge in [-0.05, 0) is 18.4 Å². The van der Waals surface area contributed by atoms with E-state index in [1.165, 1.54) is 10.8 Å². The van der Waals surface area contributed by atoms with Crippen LogP contribution in [-0.2, 0) is 11.2 Å². The Kier molecular flexibility index (Phi) is 4.47. The predicted molar refractivity (Wildman–Crippen MR) is 94.5 cm³/mol. The first-order valence-electron chi connectivity index (χ1n) is 8.79. The molecule has 3 N–H and O–H groups in total. The van der Waals surface area contributed by atoms with E-state index in [0.717, 1.165) is 5.56 Å². The maximum atomic E-state index is 12.2. The van der Waals surface area contributed by atoms with Crippen molar-refractivity contribution >= 4 is 5.97 Å². The number of aliphatic hydroxyl groups excluding tert-OH is 1. The molecule has 142 valence electrons. The van der Waals surface area contributed by atoms with Gasteiger partial charge in [0.05, 0.1) is 12.6 Å². The van der Waals surface area contributed by atoms with E-state index < -0.39 is 41.2 Å². The third-order valence-electron chi connectivity index (χ3n) is 5.19. The van der Waals surface area contributed by atoms with Gasteiger partial charge in [0, 0.05) is 12.7 Å². The minimum absolute atomic E-state index is 0.00711. The molecule has 1 saturated heterocycles. The lowest BCUT2D eigenvalue weighted by atomic mass is 9.98.